The van der Waals surface area contributed by atoms with E-state index in [1.807, 2.05) is 13.0 Å². The fraction of sp³-hybridized carbons (Fsp3) is 0.481. The van der Waals surface area contributed by atoms with Gasteiger partial charge in [0.15, 0.2) is 18.1 Å². The number of halogens is 3. The maximum atomic E-state index is 13.1. The minimum Gasteiger partial charge on any atom is -0.488 e. The zero-order valence-electron chi connectivity index (χ0n) is 22.0. The van der Waals surface area contributed by atoms with Gasteiger partial charge in [-0.15, -0.1) is 0 Å². The van der Waals surface area contributed by atoms with E-state index in [0.29, 0.717) is 18.5 Å². The Morgan fingerprint density at radius 3 is 2.37 bits per heavy atom. The van der Waals surface area contributed by atoms with E-state index < -0.39 is 30.4 Å². The number of nitrogens with two attached hydrogens (primary N) is 1. The maximum absolute atomic E-state index is 13.1. The van der Waals surface area contributed by atoms with Gasteiger partial charge in [0, 0.05) is 12.6 Å². The number of hydrogen-bond donors (Lipinski definition) is 2. The van der Waals surface area contributed by atoms with Gasteiger partial charge >= 0.3 is 12.3 Å². The fourth-order valence-electron chi connectivity index (χ4n) is 4.17. The standard InChI is InChI=1S/C27H34F3N3O5/c1-17(13-18-14-19-9-10-32-23(19)20(15-18)24(31)34)33(25(35)38-26(2,3)4)11-12-36-21-7-5-6-8-22(21)37-16-27(28,29)30/h5-8,14-15,17,32H,9-13,16H2,1-4H3,(H2,31,34). The SMILES string of the molecule is CC(Cc1cc2c(c(C(N)=O)c1)NCC2)N(CCOc1ccccc1OCC(F)(F)F)C(=O)OC(C)(C)C. The number of ether oxygens (including phenoxy) is 3. The third-order valence-corrected chi connectivity index (χ3v) is 5.76. The van der Waals surface area contributed by atoms with Crippen molar-refractivity contribution in [2.45, 2.75) is 58.4 Å². The van der Waals surface area contributed by atoms with Crippen molar-refractivity contribution in [3.05, 3.63) is 53.1 Å². The van der Waals surface area contributed by atoms with Gasteiger partial charge in [0.1, 0.15) is 12.2 Å². The summed E-state index contributed by atoms with van der Waals surface area (Å²) >= 11 is 0. The van der Waals surface area contributed by atoms with Gasteiger partial charge in [0.2, 0.25) is 0 Å². The van der Waals surface area contributed by atoms with Gasteiger partial charge in [-0.2, -0.15) is 13.2 Å². The van der Waals surface area contributed by atoms with Crippen molar-refractivity contribution in [3.8, 4) is 11.5 Å². The van der Waals surface area contributed by atoms with E-state index in [0.717, 1.165) is 23.2 Å². The van der Waals surface area contributed by atoms with E-state index in [2.05, 4.69) is 5.32 Å². The molecule has 2 aromatic rings. The molecule has 1 aliphatic rings. The Bertz CT molecular complexity index is 1150. The number of amides is 2. The highest BCUT2D eigenvalue weighted by Gasteiger charge is 2.30. The number of primary amides is 1. The molecule has 0 aliphatic carbocycles. The van der Waals surface area contributed by atoms with Crippen molar-refractivity contribution in [1.29, 1.82) is 0 Å². The Labute approximate surface area is 220 Å². The number of nitrogens with one attached hydrogen (secondary N) is 1. The van der Waals surface area contributed by atoms with Crippen LogP contribution in [0.2, 0.25) is 0 Å². The number of para-hydroxylation sites is 2. The van der Waals surface area contributed by atoms with Crippen LogP contribution >= 0.6 is 0 Å². The Balaban J connectivity index is 1.74. The van der Waals surface area contributed by atoms with Gasteiger partial charge in [0.05, 0.1) is 17.8 Å². The van der Waals surface area contributed by atoms with Crippen molar-refractivity contribution in [2.75, 3.05) is 31.6 Å². The lowest BCUT2D eigenvalue weighted by molar-refractivity contribution is -0.153. The minimum absolute atomic E-state index is 0.0172. The molecule has 1 atom stereocenters. The summed E-state index contributed by atoms with van der Waals surface area (Å²) in [6, 6.07) is 9.40. The van der Waals surface area contributed by atoms with Crippen LogP contribution in [-0.4, -0.2) is 61.0 Å². The van der Waals surface area contributed by atoms with Gasteiger partial charge < -0.3 is 30.2 Å². The number of carbonyl (C=O) groups is 2. The van der Waals surface area contributed by atoms with Crippen LogP contribution in [0.15, 0.2) is 36.4 Å². The molecule has 0 saturated heterocycles. The Kier molecular flexibility index (Phi) is 9.01. The maximum Gasteiger partial charge on any atom is 0.422 e. The zero-order valence-corrected chi connectivity index (χ0v) is 22.0. The van der Waals surface area contributed by atoms with Crippen molar-refractivity contribution >= 4 is 17.7 Å². The van der Waals surface area contributed by atoms with Crippen LogP contribution in [0, 0.1) is 0 Å². The molecule has 208 valence electrons. The van der Waals surface area contributed by atoms with Crippen molar-refractivity contribution < 1.29 is 37.0 Å². The van der Waals surface area contributed by atoms with E-state index >= 15 is 0 Å². The molecule has 1 heterocycles. The van der Waals surface area contributed by atoms with Crippen LogP contribution in [-0.2, 0) is 17.6 Å². The summed E-state index contributed by atoms with van der Waals surface area (Å²) in [4.78, 5) is 26.6. The van der Waals surface area contributed by atoms with Crippen molar-refractivity contribution in [1.82, 2.24) is 4.90 Å². The van der Waals surface area contributed by atoms with Crippen LogP contribution in [0.25, 0.3) is 0 Å². The molecular formula is C27H34F3N3O5. The number of hydrogen-bond acceptors (Lipinski definition) is 6. The third kappa shape index (κ3) is 8.19. The number of anilines is 1. The number of carbonyl (C=O) groups excluding carboxylic acids is 2. The third-order valence-electron chi connectivity index (χ3n) is 5.76. The second-order valence-corrected chi connectivity index (χ2v) is 10.1. The first kappa shape index (κ1) is 28.9. The summed E-state index contributed by atoms with van der Waals surface area (Å²) in [5.74, 6) is -0.452. The molecule has 3 N–H and O–H groups in total. The molecular weight excluding hydrogens is 503 g/mol. The largest absolute Gasteiger partial charge is 0.488 e. The highest BCUT2D eigenvalue weighted by atomic mass is 19.4. The lowest BCUT2D eigenvalue weighted by Crippen LogP contribution is -2.45. The number of benzene rings is 2. The fourth-order valence-corrected chi connectivity index (χ4v) is 4.17. The highest BCUT2D eigenvalue weighted by molar-refractivity contribution is 6.00. The van der Waals surface area contributed by atoms with Gasteiger partial charge in [-0.05, 0) is 69.9 Å². The van der Waals surface area contributed by atoms with Gasteiger partial charge in [-0.1, -0.05) is 18.2 Å². The second kappa shape index (κ2) is 11.8. The van der Waals surface area contributed by atoms with E-state index in [1.165, 1.54) is 17.0 Å². The summed E-state index contributed by atoms with van der Waals surface area (Å²) in [5, 5.41) is 3.19. The van der Waals surface area contributed by atoms with Crippen LogP contribution in [0.5, 0.6) is 11.5 Å². The molecule has 0 bridgehead atoms. The average Bonchev–Trinajstić information content (AvgIpc) is 3.27. The Morgan fingerprint density at radius 2 is 1.76 bits per heavy atom. The zero-order chi connectivity index (χ0) is 28.1. The molecule has 38 heavy (non-hydrogen) atoms. The molecule has 2 aromatic carbocycles. The molecule has 2 amide bonds. The summed E-state index contributed by atoms with van der Waals surface area (Å²) < 4.78 is 54.0. The topological polar surface area (TPSA) is 103 Å². The molecule has 8 nitrogen and oxygen atoms in total. The minimum atomic E-state index is -4.49. The lowest BCUT2D eigenvalue weighted by atomic mass is 9.98. The second-order valence-electron chi connectivity index (χ2n) is 10.1. The van der Waals surface area contributed by atoms with E-state index in [9.17, 15) is 22.8 Å². The monoisotopic (exact) mass is 537 g/mol. The molecule has 0 saturated carbocycles. The van der Waals surface area contributed by atoms with Crippen LogP contribution in [0.1, 0.15) is 49.2 Å². The van der Waals surface area contributed by atoms with Gasteiger partial charge in [0.25, 0.3) is 5.91 Å². The van der Waals surface area contributed by atoms with E-state index in [1.54, 1.807) is 39.0 Å². The quantitative estimate of drug-likeness (QED) is 0.445. The Morgan fingerprint density at radius 1 is 1.11 bits per heavy atom. The molecule has 3 rings (SSSR count). The van der Waals surface area contributed by atoms with Crippen LogP contribution < -0.4 is 20.5 Å². The lowest BCUT2D eigenvalue weighted by Gasteiger charge is -2.32. The first-order valence-electron chi connectivity index (χ1n) is 12.3. The molecule has 11 heteroatoms. The van der Waals surface area contributed by atoms with Crippen molar-refractivity contribution in [2.24, 2.45) is 5.73 Å². The molecule has 1 unspecified atom stereocenters. The van der Waals surface area contributed by atoms with Gasteiger partial charge in [-0.25, -0.2) is 4.79 Å². The number of fused-ring (bicyclic) bond motifs is 1. The van der Waals surface area contributed by atoms with E-state index in [4.69, 9.17) is 19.9 Å². The average molecular weight is 538 g/mol. The van der Waals surface area contributed by atoms with Crippen LogP contribution in [0.3, 0.4) is 0 Å². The first-order chi connectivity index (χ1) is 17.7. The smallest absolute Gasteiger partial charge is 0.422 e. The van der Waals surface area contributed by atoms with Crippen molar-refractivity contribution in [3.63, 3.8) is 0 Å². The predicted octanol–water partition coefficient (Wildman–Crippen LogP) is 4.94. The van der Waals surface area contributed by atoms with E-state index in [-0.39, 0.29) is 30.7 Å². The van der Waals surface area contributed by atoms with Crippen LogP contribution in [0.4, 0.5) is 23.7 Å². The summed E-state index contributed by atoms with van der Waals surface area (Å²) in [6.07, 6.45) is -3.87. The highest BCUT2D eigenvalue weighted by Crippen LogP contribution is 2.30. The normalized spacial score (nSPS) is 13.8. The predicted molar refractivity (Wildman–Crippen MR) is 137 cm³/mol. The molecule has 1 aliphatic heterocycles. The number of nitrogens with zero attached hydrogens (tertiary/aromatic N) is 1. The first-order valence-corrected chi connectivity index (χ1v) is 12.3. The summed E-state index contributed by atoms with van der Waals surface area (Å²) in [6.45, 7) is 6.46. The number of rotatable bonds is 10. The summed E-state index contributed by atoms with van der Waals surface area (Å²) in [5.41, 5.74) is 7.83. The number of alkyl halides is 3. The molecule has 0 aromatic heterocycles. The molecule has 0 fully saturated rings. The molecule has 0 radical (unpaired) electrons. The summed E-state index contributed by atoms with van der Waals surface area (Å²) in [7, 11) is 0. The van der Waals surface area contributed by atoms with Gasteiger partial charge in [-0.3, -0.25) is 4.79 Å². The molecule has 0 spiro atoms. The Hall–Kier alpha value is -3.63.